The van der Waals surface area contributed by atoms with Gasteiger partial charge in [-0.3, -0.25) is 14.5 Å². The zero-order chi connectivity index (χ0) is 27.7. The first kappa shape index (κ1) is 28.5. The predicted octanol–water partition coefficient (Wildman–Crippen LogP) is 6.90. The molecule has 2 aliphatic heterocycles. The second kappa shape index (κ2) is 11.3. The molecule has 38 heavy (non-hydrogen) atoms. The number of ether oxygens (including phenoxy) is 1. The number of amides is 2. The number of rotatable bonds is 10. The summed E-state index contributed by atoms with van der Waals surface area (Å²) in [6.45, 7) is 17.6. The van der Waals surface area contributed by atoms with Crippen LogP contribution in [0.1, 0.15) is 66.8 Å². The molecular formula is C32H43NO4Si. The van der Waals surface area contributed by atoms with Crippen LogP contribution in [-0.2, 0) is 15.6 Å². The Bertz CT molecular complexity index is 1120. The molecule has 3 unspecified atom stereocenters. The van der Waals surface area contributed by atoms with E-state index in [0.717, 1.165) is 12.8 Å². The minimum absolute atomic E-state index is 0.00272. The van der Waals surface area contributed by atoms with Gasteiger partial charge in [0.1, 0.15) is 0 Å². The maximum Gasteiger partial charge on any atom is 0.261 e. The zero-order valence-electron chi connectivity index (χ0n) is 23.8. The van der Waals surface area contributed by atoms with E-state index in [1.54, 1.807) is 24.3 Å². The molecule has 0 saturated carbocycles. The zero-order valence-corrected chi connectivity index (χ0v) is 24.8. The van der Waals surface area contributed by atoms with Gasteiger partial charge in [0.2, 0.25) is 0 Å². The van der Waals surface area contributed by atoms with Crippen molar-refractivity contribution in [2.75, 3.05) is 6.54 Å². The standard InChI is InChI=1S/C32H43NO4Si/c1-8-28-25(19-18-23-14-10-9-11-15-23)22(2)29(36-28)20-24(37-38(6,7)32(3,4)5)21-33-30(34)26-16-12-13-17-27(26)31(33)35/h8-17,22,24-25,28-29H,1,18-21H2,2-7H3/t22-,24?,25?,28+,29?/m1/s1. The largest absolute Gasteiger partial charge is 0.412 e. The Morgan fingerprint density at radius 1 is 1.03 bits per heavy atom. The highest BCUT2D eigenvalue weighted by atomic mass is 28.4. The lowest BCUT2D eigenvalue weighted by Crippen LogP contribution is -2.49. The summed E-state index contributed by atoms with van der Waals surface area (Å²) < 4.78 is 13.5. The van der Waals surface area contributed by atoms with Crippen molar-refractivity contribution < 1.29 is 18.8 Å². The fourth-order valence-corrected chi connectivity index (χ4v) is 6.89. The van der Waals surface area contributed by atoms with Gasteiger partial charge in [-0.25, -0.2) is 0 Å². The average molecular weight is 534 g/mol. The van der Waals surface area contributed by atoms with Crippen molar-refractivity contribution in [1.29, 1.82) is 0 Å². The van der Waals surface area contributed by atoms with E-state index in [1.807, 2.05) is 12.1 Å². The number of hydrogen-bond acceptors (Lipinski definition) is 4. The second-order valence-electron chi connectivity index (χ2n) is 12.4. The fourth-order valence-electron chi connectivity index (χ4n) is 5.53. The number of imide groups is 1. The van der Waals surface area contributed by atoms with Gasteiger partial charge in [0.05, 0.1) is 36.0 Å². The highest BCUT2D eigenvalue weighted by Gasteiger charge is 2.45. The van der Waals surface area contributed by atoms with Crippen LogP contribution in [0.2, 0.25) is 18.1 Å². The lowest BCUT2D eigenvalue weighted by molar-refractivity contribution is 0.0115. The van der Waals surface area contributed by atoms with Crippen LogP contribution in [0, 0.1) is 11.8 Å². The topological polar surface area (TPSA) is 55.8 Å². The molecule has 0 N–H and O–H groups in total. The number of carbonyl (C=O) groups excluding carboxylic acids is 2. The Labute approximate surface area is 229 Å². The van der Waals surface area contributed by atoms with E-state index >= 15 is 0 Å². The molecule has 1 fully saturated rings. The summed E-state index contributed by atoms with van der Waals surface area (Å²) in [5.41, 5.74) is 2.28. The van der Waals surface area contributed by atoms with Gasteiger partial charge in [0, 0.05) is 6.42 Å². The van der Waals surface area contributed by atoms with Crippen LogP contribution in [0.5, 0.6) is 0 Å². The summed E-state index contributed by atoms with van der Waals surface area (Å²) in [7, 11) is -2.18. The highest BCUT2D eigenvalue weighted by molar-refractivity contribution is 6.74. The molecule has 2 amide bonds. The van der Waals surface area contributed by atoms with Crippen LogP contribution in [-0.4, -0.2) is 49.9 Å². The second-order valence-corrected chi connectivity index (χ2v) is 17.2. The minimum atomic E-state index is -2.18. The van der Waals surface area contributed by atoms with Crippen molar-refractivity contribution in [3.05, 3.63) is 83.9 Å². The molecule has 5 nitrogen and oxygen atoms in total. The van der Waals surface area contributed by atoms with Gasteiger partial charge in [0.15, 0.2) is 8.32 Å². The van der Waals surface area contributed by atoms with Crippen LogP contribution in [0.3, 0.4) is 0 Å². The first-order valence-electron chi connectivity index (χ1n) is 13.9. The third-order valence-corrected chi connectivity index (χ3v) is 13.4. The Morgan fingerprint density at radius 3 is 2.16 bits per heavy atom. The van der Waals surface area contributed by atoms with E-state index in [2.05, 4.69) is 71.6 Å². The van der Waals surface area contributed by atoms with Crippen molar-refractivity contribution >= 4 is 20.1 Å². The van der Waals surface area contributed by atoms with E-state index in [-0.39, 0.29) is 41.7 Å². The molecule has 2 aromatic rings. The molecule has 5 atom stereocenters. The van der Waals surface area contributed by atoms with Crippen LogP contribution in [0.4, 0.5) is 0 Å². The average Bonchev–Trinajstić information content (AvgIpc) is 3.30. The molecule has 2 aromatic carbocycles. The smallest absolute Gasteiger partial charge is 0.261 e. The third-order valence-electron chi connectivity index (χ3n) is 8.88. The molecule has 0 radical (unpaired) electrons. The van der Waals surface area contributed by atoms with Crippen molar-refractivity contribution in [2.24, 2.45) is 11.8 Å². The number of fused-ring (bicyclic) bond motifs is 1. The molecule has 4 rings (SSSR count). The van der Waals surface area contributed by atoms with Crippen molar-refractivity contribution in [3.63, 3.8) is 0 Å². The fraction of sp³-hybridized carbons (Fsp3) is 0.500. The van der Waals surface area contributed by atoms with Gasteiger partial charge in [-0.1, -0.05) is 76.2 Å². The first-order chi connectivity index (χ1) is 17.9. The summed E-state index contributed by atoms with van der Waals surface area (Å²) in [4.78, 5) is 27.8. The summed E-state index contributed by atoms with van der Waals surface area (Å²) in [5.74, 6) is 0.180. The third kappa shape index (κ3) is 5.87. The number of carbonyl (C=O) groups is 2. The van der Waals surface area contributed by atoms with Crippen molar-refractivity contribution in [1.82, 2.24) is 4.90 Å². The number of hydrogen-bond donors (Lipinski definition) is 0. The SMILES string of the molecule is C=C[C@@H]1OC(CC(CN2C(=O)c3ccccc3C2=O)O[Si](C)(C)C(C)(C)C)[C@H](C)C1CCc1ccccc1. The molecular weight excluding hydrogens is 490 g/mol. The molecule has 0 aromatic heterocycles. The summed E-state index contributed by atoms with van der Waals surface area (Å²) in [5, 5.41) is -0.00272. The number of benzene rings is 2. The molecule has 0 aliphatic carbocycles. The van der Waals surface area contributed by atoms with Crippen molar-refractivity contribution in [2.45, 2.75) is 83.4 Å². The Kier molecular flexibility index (Phi) is 8.45. The van der Waals surface area contributed by atoms with Crippen LogP contribution >= 0.6 is 0 Å². The quantitative estimate of drug-likeness (QED) is 0.189. The Balaban J connectivity index is 1.52. The maximum absolute atomic E-state index is 13.2. The lowest BCUT2D eigenvalue weighted by Gasteiger charge is -2.40. The normalized spacial score (nSPS) is 24.5. The van der Waals surface area contributed by atoms with E-state index in [1.165, 1.54) is 10.5 Å². The van der Waals surface area contributed by atoms with E-state index in [9.17, 15) is 9.59 Å². The van der Waals surface area contributed by atoms with E-state index in [0.29, 0.717) is 29.4 Å². The van der Waals surface area contributed by atoms with Gasteiger partial charge < -0.3 is 9.16 Å². The lowest BCUT2D eigenvalue weighted by atomic mass is 9.83. The van der Waals surface area contributed by atoms with Gasteiger partial charge in [-0.05, 0) is 60.5 Å². The van der Waals surface area contributed by atoms with E-state index in [4.69, 9.17) is 9.16 Å². The highest BCUT2D eigenvalue weighted by Crippen LogP contribution is 2.41. The van der Waals surface area contributed by atoms with Crippen molar-refractivity contribution in [3.8, 4) is 0 Å². The molecule has 2 heterocycles. The minimum Gasteiger partial charge on any atom is -0.412 e. The predicted molar refractivity (Wildman–Crippen MR) is 155 cm³/mol. The van der Waals surface area contributed by atoms with Gasteiger partial charge in [-0.15, -0.1) is 6.58 Å². The monoisotopic (exact) mass is 533 g/mol. The molecule has 6 heteroatoms. The number of aryl methyl sites for hydroxylation is 1. The van der Waals surface area contributed by atoms with E-state index < -0.39 is 8.32 Å². The van der Waals surface area contributed by atoms with Gasteiger partial charge >= 0.3 is 0 Å². The van der Waals surface area contributed by atoms with Crippen LogP contribution in [0.15, 0.2) is 67.3 Å². The Hall–Kier alpha value is -2.54. The maximum atomic E-state index is 13.2. The molecule has 1 saturated heterocycles. The first-order valence-corrected chi connectivity index (χ1v) is 16.8. The number of nitrogens with zero attached hydrogens (tertiary/aromatic N) is 1. The summed E-state index contributed by atoms with van der Waals surface area (Å²) in [6.07, 6.45) is 4.21. The Morgan fingerprint density at radius 2 is 1.61 bits per heavy atom. The summed E-state index contributed by atoms with van der Waals surface area (Å²) >= 11 is 0. The van der Waals surface area contributed by atoms with Gasteiger partial charge in [0.25, 0.3) is 11.8 Å². The molecule has 204 valence electrons. The molecule has 0 spiro atoms. The van der Waals surface area contributed by atoms with Crippen LogP contribution in [0.25, 0.3) is 0 Å². The van der Waals surface area contributed by atoms with Crippen LogP contribution < -0.4 is 0 Å². The van der Waals surface area contributed by atoms with Gasteiger partial charge in [-0.2, -0.15) is 0 Å². The molecule has 2 aliphatic rings. The summed E-state index contributed by atoms with van der Waals surface area (Å²) in [6, 6.07) is 17.6. The molecule has 0 bridgehead atoms.